The monoisotopic (exact) mass is 333 g/mol. The molecule has 132 valence electrons. The number of amides is 1. The third-order valence-electron chi connectivity index (χ3n) is 5.50. The predicted molar refractivity (Wildman–Crippen MR) is 92.8 cm³/mol. The molecule has 3 atom stereocenters. The number of benzene rings is 1. The van der Waals surface area contributed by atoms with Crippen LogP contribution in [0.1, 0.15) is 44.1 Å². The summed E-state index contributed by atoms with van der Waals surface area (Å²) in [7, 11) is 0. The lowest BCUT2D eigenvalue weighted by Crippen LogP contribution is -2.52. The van der Waals surface area contributed by atoms with Crippen molar-refractivity contribution in [2.45, 2.75) is 57.2 Å². The van der Waals surface area contributed by atoms with Gasteiger partial charge in [0.15, 0.2) is 0 Å². The molecule has 1 aliphatic carbocycles. The van der Waals surface area contributed by atoms with Gasteiger partial charge in [-0.2, -0.15) is 0 Å². The number of rotatable bonds is 5. The van der Waals surface area contributed by atoms with Crippen LogP contribution in [-0.2, 0) is 11.3 Å². The van der Waals surface area contributed by atoms with E-state index in [1.807, 2.05) is 0 Å². The van der Waals surface area contributed by atoms with Gasteiger partial charge in [0.2, 0.25) is 5.91 Å². The minimum absolute atomic E-state index is 0.0807. The minimum Gasteiger partial charge on any atom is -0.352 e. The van der Waals surface area contributed by atoms with E-state index in [1.165, 1.54) is 12.1 Å². The molecule has 1 aromatic carbocycles. The molecule has 2 fully saturated rings. The molecule has 0 spiro atoms. The van der Waals surface area contributed by atoms with Crippen LogP contribution in [0.4, 0.5) is 4.39 Å². The van der Waals surface area contributed by atoms with E-state index < -0.39 is 0 Å². The first-order chi connectivity index (χ1) is 11.7. The second-order valence-electron chi connectivity index (χ2n) is 7.15. The molecule has 1 amide bonds. The summed E-state index contributed by atoms with van der Waals surface area (Å²) in [6, 6.07) is 6.73. The van der Waals surface area contributed by atoms with Crippen LogP contribution in [0.5, 0.6) is 0 Å². The average molecular weight is 333 g/mol. The highest BCUT2D eigenvalue weighted by Gasteiger charge is 2.33. The maximum atomic E-state index is 13.1. The summed E-state index contributed by atoms with van der Waals surface area (Å²) in [6.07, 6.45) is 6.40. The molecular formula is C19H28FN3O. The molecule has 0 bridgehead atoms. The maximum Gasteiger partial charge on any atom is 0.237 e. The first-order valence-electron chi connectivity index (χ1n) is 9.16. The van der Waals surface area contributed by atoms with E-state index in [1.54, 1.807) is 12.1 Å². The van der Waals surface area contributed by atoms with E-state index in [0.717, 1.165) is 50.6 Å². The predicted octanol–water partition coefficient (Wildman–Crippen LogP) is 2.42. The quantitative estimate of drug-likeness (QED) is 0.870. The Hall–Kier alpha value is -1.46. The lowest BCUT2D eigenvalue weighted by molar-refractivity contribution is -0.128. The van der Waals surface area contributed by atoms with Crippen molar-refractivity contribution in [3.05, 3.63) is 35.6 Å². The Bertz CT molecular complexity index is 548. The molecule has 2 aliphatic rings. The van der Waals surface area contributed by atoms with Crippen molar-refractivity contribution in [3.63, 3.8) is 0 Å². The Morgan fingerprint density at radius 3 is 2.71 bits per heavy atom. The molecular weight excluding hydrogens is 305 g/mol. The molecule has 1 saturated carbocycles. The second-order valence-corrected chi connectivity index (χ2v) is 7.15. The van der Waals surface area contributed by atoms with Gasteiger partial charge in [-0.1, -0.05) is 25.0 Å². The van der Waals surface area contributed by atoms with E-state index in [0.29, 0.717) is 19.0 Å². The number of hydrogen-bond donors (Lipinski definition) is 2. The van der Waals surface area contributed by atoms with Crippen LogP contribution in [0.2, 0.25) is 0 Å². The Labute approximate surface area is 143 Å². The van der Waals surface area contributed by atoms with Crippen LogP contribution in [-0.4, -0.2) is 36.0 Å². The number of nitrogens with two attached hydrogens (primary N) is 1. The first-order valence-corrected chi connectivity index (χ1v) is 9.16. The molecule has 1 heterocycles. The Morgan fingerprint density at radius 2 is 1.96 bits per heavy atom. The number of nitrogens with one attached hydrogen (secondary N) is 1. The number of piperidine rings is 1. The largest absolute Gasteiger partial charge is 0.352 e. The van der Waals surface area contributed by atoms with Gasteiger partial charge in [0.05, 0.1) is 6.04 Å². The first kappa shape index (κ1) is 17.4. The molecule has 5 heteroatoms. The van der Waals surface area contributed by atoms with Gasteiger partial charge in [0.1, 0.15) is 5.82 Å². The fraction of sp³-hybridized carbons (Fsp3) is 0.632. The van der Waals surface area contributed by atoms with E-state index >= 15 is 0 Å². The van der Waals surface area contributed by atoms with Crippen LogP contribution in [0.25, 0.3) is 0 Å². The average Bonchev–Trinajstić information content (AvgIpc) is 3.04. The highest BCUT2D eigenvalue weighted by molar-refractivity contribution is 5.82. The highest BCUT2D eigenvalue weighted by atomic mass is 19.1. The van der Waals surface area contributed by atoms with Crippen LogP contribution in [0, 0.1) is 11.7 Å². The molecule has 1 aromatic rings. The minimum atomic E-state index is -0.222. The number of hydrogen-bond acceptors (Lipinski definition) is 3. The Balaban J connectivity index is 1.63. The maximum absolute atomic E-state index is 13.1. The van der Waals surface area contributed by atoms with Crippen LogP contribution < -0.4 is 11.1 Å². The zero-order chi connectivity index (χ0) is 16.9. The number of carbonyl (C=O) groups excluding carboxylic acids is 1. The zero-order valence-corrected chi connectivity index (χ0v) is 14.2. The number of likely N-dealkylation sites (tertiary alicyclic amines) is 1. The van der Waals surface area contributed by atoms with Gasteiger partial charge in [0, 0.05) is 12.6 Å². The van der Waals surface area contributed by atoms with Crippen molar-refractivity contribution in [2.75, 3.05) is 13.1 Å². The van der Waals surface area contributed by atoms with E-state index in [2.05, 4.69) is 10.2 Å². The van der Waals surface area contributed by atoms with Gasteiger partial charge < -0.3 is 11.1 Å². The topological polar surface area (TPSA) is 58.4 Å². The van der Waals surface area contributed by atoms with Crippen molar-refractivity contribution >= 4 is 5.91 Å². The van der Waals surface area contributed by atoms with Crippen molar-refractivity contribution in [3.8, 4) is 0 Å². The van der Waals surface area contributed by atoms with Gasteiger partial charge in [-0.25, -0.2) is 4.39 Å². The molecule has 0 radical (unpaired) electrons. The Kier molecular flexibility index (Phi) is 5.85. The fourth-order valence-corrected chi connectivity index (χ4v) is 4.09. The van der Waals surface area contributed by atoms with Crippen molar-refractivity contribution in [1.82, 2.24) is 10.2 Å². The SMILES string of the molecule is NCC1CCCC1NC(=O)C1CCCCN1Cc1ccc(F)cc1. The summed E-state index contributed by atoms with van der Waals surface area (Å²) in [5.74, 6) is 0.339. The second kappa shape index (κ2) is 8.08. The van der Waals surface area contributed by atoms with E-state index in [9.17, 15) is 9.18 Å². The number of halogens is 1. The summed E-state index contributed by atoms with van der Waals surface area (Å²) >= 11 is 0. The van der Waals surface area contributed by atoms with Gasteiger partial charge in [-0.3, -0.25) is 9.69 Å². The zero-order valence-electron chi connectivity index (χ0n) is 14.2. The molecule has 4 nitrogen and oxygen atoms in total. The summed E-state index contributed by atoms with van der Waals surface area (Å²) in [5.41, 5.74) is 6.88. The fourth-order valence-electron chi connectivity index (χ4n) is 4.09. The number of nitrogens with zero attached hydrogens (tertiary/aromatic N) is 1. The smallest absolute Gasteiger partial charge is 0.237 e. The van der Waals surface area contributed by atoms with Gasteiger partial charge in [-0.15, -0.1) is 0 Å². The van der Waals surface area contributed by atoms with Gasteiger partial charge in [0.25, 0.3) is 0 Å². The van der Waals surface area contributed by atoms with Crippen molar-refractivity contribution < 1.29 is 9.18 Å². The van der Waals surface area contributed by atoms with Gasteiger partial charge >= 0.3 is 0 Å². The normalized spacial score (nSPS) is 28.0. The van der Waals surface area contributed by atoms with Crippen LogP contribution >= 0.6 is 0 Å². The highest BCUT2D eigenvalue weighted by Crippen LogP contribution is 2.26. The summed E-state index contributed by atoms with van der Waals surface area (Å²) in [6.45, 7) is 2.26. The molecule has 24 heavy (non-hydrogen) atoms. The Morgan fingerprint density at radius 1 is 1.17 bits per heavy atom. The van der Waals surface area contributed by atoms with Crippen LogP contribution in [0.15, 0.2) is 24.3 Å². The molecule has 1 saturated heterocycles. The number of carbonyl (C=O) groups is 1. The van der Waals surface area contributed by atoms with E-state index in [4.69, 9.17) is 5.73 Å². The summed E-state index contributed by atoms with van der Waals surface area (Å²) < 4.78 is 13.1. The standard InChI is InChI=1S/C19H28FN3O/c20-16-9-7-14(8-10-16)13-23-11-2-1-6-18(23)19(24)22-17-5-3-4-15(17)12-21/h7-10,15,17-18H,1-6,11-13,21H2,(H,22,24). The third-order valence-corrected chi connectivity index (χ3v) is 5.50. The van der Waals surface area contributed by atoms with Crippen molar-refractivity contribution in [2.24, 2.45) is 11.7 Å². The lowest BCUT2D eigenvalue weighted by Gasteiger charge is -2.35. The third kappa shape index (κ3) is 4.14. The lowest BCUT2D eigenvalue weighted by atomic mass is 9.98. The molecule has 0 aromatic heterocycles. The summed E-state index contributed by atoms with van der Waals surface area (Å²) in [4.78, 5) is 15.1. The van der Waals surface area contributed by atoms with Crippen LogP contribution in [0.3, 0.4) is 0 Å². The molecule has 1 aliphatic heterocycles. The summed E-state index contributed by atoms with van der Waals surface area (Å²) in [5, 5.41) is 3.25. The molecule has 3 unspecified atom stereocenters. The molecule has 3 N–H and O–H groups in total. The van der Waals surface area contributed by atoms with E-state index in [-0.39, 0.29) is 23.8 Å². The molecule has 3 rings (SSSR count). The van der Waals surface area contributed by atoms with Gasteiger partial charge in [-0.05, 0) is 62.4 Å². The van der Waals surface area contributed by atoms with Crippen molar-refractivity contribution in [1.29, 1.82) is 0 Å².